The number of aryl methyl sites for hydroxylation is 2. The van der Waals surface area contributed by atoms with Gasteiger partial charge in [-0.3, -0.25) is 0 Å². The van der Waals surface area contributed by atoms with E-state index in [1.807, 2.05) is 6.20 Å². The van der Waals surface area contributed by atoms with E-state index in [1.165, 1.54) is 37.9 Å². The fraction of sp³-hybridized carbons (Fsp3) is 0.100. The van der Waals surface area contributed by atoms with Crippen LogP contribution in [0.3, 0.4) is 0 Å². The summed E-state index contributed by atoms with van der Waals surface area (Å²) in [5.41, 5.74) is 2.38. The van der Waals surface area contributed by atoms with E-state index < -0.39 is 0 Å². The van der Waals surface area contributed by atoms with E-state index in [1.54, 1.807) is 11.3 Å². The molecule has 0 radical (unpaired) electrons. The molecule has 5 rings (SSSR count). The number of benzene rings is 2. The lowest BCUT2D eigenvalue weighted by molar-refractivity contribution is 1.29. The first-order valence-electron chi connectivity index (χ1n) is 7.70. The number of nitrogens with zero attached hydrogens (tertiary/aromatic N) is 2. The predicted molar refractivity (Wildman–Crippen MR) is 99.4 cm³/mol. The minimum absolute atomic E-state index is 1.07. The Morgan fingerprint density at radius 2 is 1.57 bits per heavy atom. The number of aromatic nitrogens is 2. The van der Waals surface area contributed by atoms with Gasteiger partial charge in [-0.1, -0.05) is 53.8 Å². The average Bonchev–Trinajstić information content (AvgIpc) is 2.93. The van der Waals surface area contributed by atoms with E-state index in [0.29, 0.717) is 0 Å². The lowest BCUT2D eigenvalue weighted by atomic mass is 9.99. The number of hydrogen-bond donors (Lipinski definition) is 0. The highest BCUT2D eigenvalue weighted by molar-refractivity contribution is 7.25. The molecule has 3 heterocycles. The van der Waals surface area contributed by atoms with Crippen molar-refractivity contribution in [2.75, 3.05) is 0 Å². The molecule has 0 unspecified atom stereocenters. The Kier molecular flexibility index (Phi) is 2.53. The summed E-state index contributed by atoms with van der Waals surface area (Å²) in [7, 11) is 0. The molecule has 0 bridgehead atoms. The highest BCUT2D eigenvalue weighted by Crippen LogP contribution is 2.40. The monoisotopic (exact) mass is 314 g/mol. The smallest absolute Gasteiger partial charge is 0.126 e. The molecule has 3 aromatic heterocycles. The molecule has 2 aromatic carbocycles. The van der Waals surface area contributed by atoms with Gasteiger partial charge in [-0.05, 0) is 30.2 Å². The van der Waals surface area contributed by atoms with Gasteiger partial charge in [0.25, 0.3) is 0 Å². The minimum Gasteiger partial charge on any atom is -0.245 e. The first-order valence-corrected chi connectivity index (χ1v) is 8.51. The van der Waals surface area contributed by atoms with E-state index in [2.05, 4.69) is 61.3 Å². The van der Waals surface area contributed by atoms with Crippen LogP contribution in [0.15, 0.2) is 48.7 Å². The number of rotatable bonds is 0. The number of pyridine rings is 2. The molecule has 0 aliphatic heterocycles. The van der Waals surface area contributed by atoms with Gasteiger partial charge in [0.05, 0.1) is 0 Å². The topological polar surface area (TPSA) is 25.8 Å². The quantitative estimate of drug-likeness (QED) is 0.363. The molecule has 0 amide bonds. The summed E-state index contributed by atoms with van der Waals surface area (Å²) in [6.45, 7) is 4.26. The van der Waals surface area contributed by atoms with Crippen LogP contribution < -0.4 is 0 Å². The molecule has 2 nitrogen and oxygen atoms in total. The van der Waals surface area contributed by atoms with Crippen molar-refractivity contribution >= 4 is 53.3 Å². The van der Waals surface area contributed by atoms with Gasteiger partial charge in [0.2, 0.25) is 0 Å². The molecule has 0 spiro atoms. The highest BCUT2D eigenvalue weighted by atomic mass is 32.1. The van der Waals surface area contributed by atoms with E-state index >= 15 is 0 Å². The third kappa shape index (κ3) is 1.68. The molecule has 110 valence electrons. The second-order valence-electron chi connectivity index (χ2n) is 6.00. The summed E-state index contributed by atoms with van der Waals surface area (Å²) in [6, 6.07) is 15.0. The second-order valence-corrected chi connectivity index (χ2v) is 6.98. The maximum Gasteiger partial charge on any atom is 0.126 e. The van der Waals surface area contributed by atoms with Gasteiger partial charge in [-0.15, -0.1) is 0 Å². The Bertz CT molecular complexity index is 1230. The van der Waals surface area contributed by atoms with E-state index in [9.17, 15) is 0 Å². The number of thiophene rings is 1. The fourth-order valence-electron chi connectivity index (χ4n) is 3.61. The third-order valence-corrected chi connectivity index (χ3v) is 5.59. The van der Waals surface area contributed by atoms with E-state index in [-0.39, 0.29) is 0 Å². The summed E-state index contributed by atoms with van der Waals surface area (Å²) in [5, 5.41) is 7.49. The lowest BCUT2D eigenvalue weighted by Gasteiger charge is -2.07. The van der Waals surface area contributed by atoms with Crippen LogP contribution in [0.1, 0.15) is 11.3 Å². The van der Waals surface area contributed by atoms with Crippen LogP contribution in [0.2, 0.25) is 0 Å². The van der Waals surface area contributed by atoms with Crippen molar-refractivity contribution in [2.45, 2.75) is 13.8 Å². The molecule has 0 saturated carbocycles. The first-order chi connectivity index (χ1) is 11.2. The fourth-order valence-corrected chi connectivity index (χ4v) is 4.71. The van der Waals surface area contributed by atoms with Gasteiger partial charge in [-0.25, -0.2) is 9.97 Å². The van der Waals surface area contributed by atoms with Crippen LogP contribution in [-0.2, 0) is 0 Å². The van der Waals surface area contributed by atoms with Crippen molar-refractivity contribution in [3.05, 3.63) is 59.9 Å². The molecule has 0 fully saturated rings. The predicted octanol–water partition coefficient (Wildman–Crippen LogP) is 5.77. The molecule has 0 atom stereocenters. The zero-order valence-electron chi connectivity index (χ0n) is 12.9. The molecule has 3 heteroatoms. The van der Waals surface area contributed by atoms with Gasteiger partial charge >= 0.3 is 0 Å². The lowest BCUT2D eigenvalue weighted by Crippen LogP contribution is -1.88. The zero-order valence-corrected chi connectivity index (χ0v) is 13.7. The zero-order chi connectivity index (χ0) is 15.6. The molecule has 0 saturated heterocycles. The van der Waals surface area contributed by atoms with Crippen molar-refractivity contribution in [2.24, 2.45) is 0 Å². The first kappa shape index (κ1) is 13.0. The summed E-state index contributed by atoms with van der Waals surface area (Å²) in [4.78, 5) is 11.7. The summed E-state index contributed by atoms with van der Waals surface area (Å²) in [6.07, 6.45) is 1.97. The molecule has 23 heavy (non-hydrogen) atoms. The standard InChI is InChI=1S/C20H14N2S/c1-11-6-5-9-15-16(11)12(2)22-20-18(15)17-14-8-4-3-7-13(14)10-21-19(17)23-20/h3-10H,1-2H3. The number of fused-ring (bicyclic) bond motifs is 7. The van der Waals surface area contributed by atoms with Crippen molar-refractivity contribution in [1.29, 1.82) is 0 Å². The van der Waals surface area contributed by atoms with Gasteiger partial charge in [-0.2, -0.15) is 0 Å². The Labute approximate surface area is 137 Å². The highest BCUT2D eigenvalue weighted by Gasteiger charge is 2.15. The van der Waals surface area contributed by atoms with Crippen LogP contribution in [-0.4, -0.2) is 9.97 Å². The van der Waals surface area contributed by atoms with Gasteiger partial charge in [0.1, 0.15) is 9.66 Å². The van der Waals surface area contributed by atoms with Crippen LogP contribution >= 0.6 is 11.3 Å². The Morgan fingerprint density at radius 3 is 2.48 bits per heavy atom. The molecule has 0 aliphatic carbocycles. The Balaban J connectivity index is 2.17. The van der Waals surface area contributed by atoms with Crippen LogP contribution in [0.5, 0.6) is 0 Å². The summed E-state index contributed by atoms with van der Waals surface area (Å²) < 4.78 is 0. The Morgan fingerprint density at radius 1 is 0.783 bits per heavy atom. The Hall–Kier alpha value is -2.52. The summed E-state index contributed by atoms with van der Waals surface area (Å²) >= 11 is 1.69. The van der Waals surface area contributed by atoms with E-state index in [0.717, 1.165) is 15.4 Å². The number of hydrogen-bond acceptors (Lipinski definition) is 3. The SMILES string of the molecule is Cc1cccc2c1c(C)nc1sc3ncc4ccccc4c3c12. The molecule has 5 aromatic rings. The van der Waals surface area contributed by atoms with Crippen molar-refractivity contribution in [1.82, 2.24) is 9.97 Å². The third-order valence-electron chi connectivity index (χ3n) is 4.60. The maximum absolute atomic E-state index is 4.89. The van der Waals surface area contributed by atoms with Crippen LogP contribution in [0.25, 0.3) is 42.0 Å². The average molecular weight is 314 g/mol. The molecular weight excluding hydrogens is 300 g/mol. The van der Waals surface area contributed by atoms with Crippen molar-refractivity contribution in [3.8, 4) is 0 Å². The largest absolute Gasteiger partial charge is 0.245 e. The van der Waals surface area contributed by atoms with Gasteiger partial charge in [0, 0.05) is 33.4 Å². The van der Waals surface area contributed by atoms with Gasteiger partial charge < -0.3 is 0 Å². The van der Waals surface area contributed by atoms with Crippen molar-refractivity contribution in [3.63, 3.8) is 0 Å². The second kappa shape index (κ2) is 4.49. The maximum atomic E-state index is 4.89. The van der Waals surface area contributed by atoms with Crippen LogP contribution in [0, 0.1) is 13.8 Å². The summed E-state index contributed by atoms with van der Waals surface area (Å²) in [5.74, 6) is 0. The minimum atomic E-state index is 1.07. The molecular formula is C20H14N2S. The van der Waals surface area contributed by atoms with Crippen LogP contribution in [0.4, 0.5) is 0 Å². The van der Waals surface area contributed by atoms with Gasteiger partial charge in [0.15, 0.2) is 0 Å². The molecule has 0 aliphatic rings. The van der Waals surface area contributed by atoms with E-state index in [4.69, 9.17) is 4.98 Å². The molecule has 0 N–H and O–H groups in total. The normalized spacial score (nSPS) is 11.9. The van der Waals surface area contributed by atoms with Crippen molar-refractivity contribution < 1.29 is 0 Å².